The molecule has 188 valence electrons. The van der Waals surface area contributed by atoms with Crippen LogP contribution < -0.4 is 11.4 Å². The summed E-state index contributed by atoms with van der Waals surface area (Å²) in [6, 6.07) is 0. The number of aromatic nitrogens is 4. The van der Waals surface area contributed by atoms with Crippen molar-refractivity contribution in [3.05, 3.63) is 16.7 Å². The molecule has 0 radical (unpaired) electrons. The third-order valence-electron chi connectivity index (χ3n) is 4.68. The van der Waals surface area contributed by atoms with Gasteiger partial charge in [-0.05, 0) is 0 Å². The van der Waals surface area contributed by atoms with E-state index >= 15 is 0 Å². The lowest BCUT2D eigenvalue weighted by Gasteiger charge is -2.25. The number of imidazole rings is 1. The van der Waals surface area contributed by atoms with Crippen LogP contribution in [0.15, 0.2) is 11.0 Å². The molecule has 3 heterocycles. The molecule has 17 heteroatoms. The zero-order valence-electron chi connectivity index (χ0n) is 17.4. The van der Waals surface area contributed by atoms with E-state index in [1.54, 1.807) is 0 Å². The van der Waals surface area contributed by atoms with E-state index in [0.29, 0.717) is 4.57 Å². The first-order chi connectivity index (χ1) is 15.6. The van der Waals surface area contributed by atoms with E-state index in [1.165, 1.54) is 0 Å². The quantitative estimate of drug-likeness (QED) is 0.476. The molecule has 0 aliphatic carbocycles. The molecule has 0 aromatic carbocycles. The molecule has 34 heavy (non-hydrogen) atoms. The summed E-state index contributed by atoms with van der Waals surface area (Å²) in [5.74, 6) is -2.73. The summed E-state index contributed by atoms with van der Waals surface area (Å²) in [6.45, 7) is -0.132. The highest BCUT2D eigenvalue weighted by Gasteiger charge is 2.54. The summed E-state index contributed by atoms with van der Waals surface area (Å²) in [5.41, 5.74) is 3.15. The van der Waals surface area contributed by atoms with Gasteiger partial charge in [-0.3, -0.25) is 14.2 Å². The van der Waals surface area contributed by atoms with Gasteiger partial charge in [0, 0.05) is 20.3 Å². The number of alkyl halides is 6. The van der Waals surface area contributed by atoms with Crippen LogP contribution in [-0.2, 0) is 30.3 Å². The fourth-order valence-electron chi connectivity index (χ4n) is 3.57. The van der Waals surface area contributed by atoms with E-state index in [1.807, 2.05) is 0 Å². The van der Waals surface area contributed by atoms with E-state index in [4.69, 9.17) is 15.2 Å². The highest BCUT2D eigenvalue weighted by Crippen LogP contribution is 2.39. The predicted octanol–water partition coefficient (Wildman–Crippen LogP) is 1.45. The Morgan fingerprint density at radius 3 is 2.41 bits per heavy atom. The van der Waals surface area contributed by atoms with E-state index < -0.39 is 84.6 Å². The molecule has 1 aliphatic rings. The van der Waals surface area contributed by atoms with E-state index in [-0.39, 0.29) is 4.57 Å². The first-order valence-corrected chi connectivity index (χ1v) is 9.45. The van der Waals surface area contributed by atoms with Gasteiger partial charge in [-0.1, -0.05) is 0 Å². The van der Waals surface area contributed by atoms with Crippen molar-refractivity contribution in [2.45, 2.75) is 63.7 Å². The van der Waals surface area contributed by atoms with Crippen LogP contribution >= 0.6 is 0 Å². The second kappa shape index (κ2) is 8.77. The molecule has 1 saturated heterocycles. The standard InChI is InChI=1S/C17H17F6N5O6/c1-6(29)32-10-3-9(11(17(21,22)23)33-7(2)30)34-13(10)28-12-8(4-25-14(24)26-12)27(15(28)31)5-16(18,19)20/h4,9-11,13H,3,5H2,1-2H3,(H2,24,25,26)/t9-,10+,11?,13+/m0/s1. The van der Waals surface area contributed by atoms with Gasteiger partial charge in [0.2, 0.25) is 12.1 Å². The van der Waals surface area contributed by atoms with Gasteiger partial charge in [0.15, 0.2) is 11.9 Å². The zero-order chi connectivity index (χ0) is 25.6. The summed E-state index contributed by atoms with van der Waals surface area (Å²) < 4.78 is 95.2. The Morgan fingerprint density at radius 2 is 1.88 bits per heavy atom. The molecule has 0 spiro atoms. The lowest BCUT2D eigenvalue weighted by molar-refractivity contribution is -0.248. The molecule has 1 unspecified atom stereocenters. The Bertz CT molecular complexity index is 1160. The zero-order valence-corrected chi connectivity index (χ0v) is 17.4. The number of rotatable bonds is 5. The average molecular weight is 501 g/mol. The Balaban J connectivity index is 2.15. The smallest absolute Gasteiger partial charge is 0.428 e. The molecule has 4 atom stereocenters. The number of esters is 2. The highest BCUT2D eigenvalue weighted by molar-refractivity contribution is 5.72. The van der Waals surface area contributed by atoms with Gasteiger partial charge < -0.3 is 19.9 Å². The van der Waals surface area contributed by atoms with Crippen LogP contribution in [0.1, 0.15) is 26.5 Å². The first kappa shape index (κ1) is 25.3. The Hall–Kier alpha value is -3.37. The molecular weight excluding hydrogens is 484 g/mol. The maximum atomic E-state index is 13.5. The number of ether oxygens (including phenoxy) is 3. The van der Waals surface area contributed by atoms with Crippen molar-refractivity contribution in [2.24, 2.45) is 0 Å². The van der Waals surface area contributed by atoms with Crippen molar-refractivity contribution < 1.29 is 50.1 Å². The van der Waals surface area contributed by atoms with E-state index in [9.17, 15) is 40.7 Å². The average Bonchev–Trinajstić information content (AvgIpc) is 3.15. The van der Waals surface area contributed by atoms with Crippen molar-refractivity contribution in [2.75, 3.05) is 5.73 Å². The van der Waals surface area contributed by atoms with Crippen LogP contribution in [0, 0.1) is 0 Å². The van der Waals surface area contributed by atoms with Crippen LogP contribution in [0.25, 0.3) is 11.2 Å². The third-order valence-corrected chi connectivity index (χ3v) is 4.68. The minimum absolute atomic E-state index is 0.226. The molecule has 0 bridgehead atoms. The largest absolute Gasteiger partial charge is 0.458 e. The molecule has 1 fully saturated rings. The van der Waals surface area contributed by atoms with Gasteiger partial charge in [-0.15, -0.1) is 0 Å². The molecule has 2 aromatic rings. The van der Waals surface area contributed by atoms with Crippen molar-refractivity contribution in [1.29, 1.82) is 0 Å². The Kier molecular flexibility index (Phi) is 6.51. The molecule has 2 N–H and O–H groups in total. The SMILES string of the molecule is CC(=O)OC([C@@H]1C[C@@H](OC(C)=O)[C@H](n2c(=O)n(CC(F)(F)F)c3cnc(N)nc32)O1)C(F)(F)F. The number of hydrogen-bond acceptors (Lipinski definition) is 9. The van der Waals surface area contributed by atoms with Gasteiger partial charge >= 0.3 is 30.0 Å². The number of carbonyl (C=O) groups excluding carboxylic acids is 2. The van der Waals surface area contributed by atoms with Crippen molar-refractivity contribution >= 4 is 29.1 Å². The van der Waals surface area contributed by atoms with Crippen LogP contribution in [0.5, 0.6) is 0 Å². The van der Waals surface area contributed by atoms with E-state index in [2.05, 4.69) is 14.7 Å². The van der Waals surface area contributed by atoms with Crippen LogP contribution in [0.3, 0.4) is 0 Å². The Morgan fingerprint density at radius 1 is 1.24 bits per heavy atom. The highest BCUT2D eigenvalue weighted by atomic mass is 19.4. The van der Waals surface area contributed by atoms with Gasteiger partial charge in [0.05, 0.1) is 6.20 Å². The molecule has 2 aromatic heterocycles. The summed E-state index contributed by atoms with van der Waals surface area (Å²) in [7, 11) is 0. The molecular formula is C17H17F6N5O6. The minimum Gasteiger partial charge on any atom is -0.458 e. The number of anilines is 1. The number of nitrogens with two attached hydrogens (primary N) is 1. The van der Waals surface area contributed by atoms with E-state index in [0.717, 1.165) is 20.0 Å². The summed E-state index contributed by atoms with van der Waals surface area (Å²) in [4.78, 5) is 43.0. The summed E-state index contributed by atoms with van der Waals surface area (Å²) in [6.07, 6.45) is -18.1. The van der Waals surface area contributed by atoms with Crippen LogP contribution in [0.2, 0.25) is 0 Å². The monoisotopic (exact) mass is 501 g/mol. The van der Waals surface area contributed by atoms with Crippen LogP contribution in [0.4, 0.5) is 32.3 Å². The molecule has 1 aliphatic heterocycles. The van der Waals surface area contributed by atoms with Crippen molar-refractivity contribution in [3.8, 4) is 0 Å². The summed E-state index contributed by atoms with van der Waals surface area (Å²) >= 11 is 0. The Labute approximate surface area is 185 Å². The van der Waals surface area contributed by atoms with Crippen molar-refractivity contribution in [3.63, 3.8) is 0 Å². The van der Waals surface area contributed by atoms with Crippen LogP contribution in [-0.4, -0.2) is 61.7 Å². The van der Waals surface area contributed by atoms with Gasteiger partial charge in [0.1, 0.15) is 24.3 Å². The molecule has 3 rings (SSSR count). The fraction of sp³-hybridized carbons (Fsp3) is 0.588. The number of halogens is 6. The molecule has 11 nitrogen and oxygen atoms in total. The lowest BCUT2D eigenvalue weighted by atomic mass is 10.1. The predicted molar refractivity (Wildman–Crippen MR) is 97.9 cm³/mol. The third kappa shape index (κ3) is 5.23. The maximum absolute atomic E-state index is 13.5. The van der Waals surface area contributed by atoms with Gasteiger partial charge in [-0.25, -0.2) is 14.3 Å². The van der Waals surface area contributed by atoms with Crippen molar-refractivity contribution in [1.82, 2.24) is 19.1 Å². The lowest BCUT2D eigenvalue weighted by Crippen LogP contribution is -2.43. The summed E-state index contributed by atoms with van der Waals surface area (Å²) in [5, 5.41) is 0. The number of carbonyl (C=O) groups is 2. The number of nitrogens with zero attached hydrogens (tertiary/aromatic N) is 4. The normalized spacial score (nSPS) is 22.1. The van der Waals surface area contributed by atoms with Gasteiger partial charge in [-0.2, -0.15) is 31.3 Å². The second-order valence-electron chi connectivity index (χ2n) is 7.31. The molecule has 0 amide bonds. The fourth-order valence-corrected chi connectivity index (χ4v) is 3.57. The topological polar surface area (TPSA) is 141 Å². The minimum atomic E-state index is -5.12. The second-order valence-corrected chi connectivity index (χ2v) is 7.31. The number of hydrogen-bond donors (Lipinski definition) is 1. The number of nitrogen functional groups attached to an aromatic ring is 1. The van der Waals surface area contributed by atoms with Gasteiger partial charge in [0.25, 0.3) is 0 Å². The number of fused-ring (bicyclic) bond motifs is 1. The molecule has 0 saturated carbocycles. The first-order valence-electron chi connectivity index (χ1n) is 9.45. The maximum Gasteiger partial charge on any atom is 0.428 e.